The van der Waals surface area contributed by atoms with E-state index in [1.165, 1.54) is 83.5 Å². The van der Waals surface area contributed by atoms with Gasteiger partial charge in [0.25, 0.3) is 0 Å². The number of rotatable bonds is 19. The molecule has 5 heteroatoms. The lowest BCUT2D eigenvalue weighted by molar-refractivity contribution is -0.199. The quantitative estimate of drug-likeness (QED) is 0.201. The van der Waals surface area contributed by atoms with Gasteiger partial charge in [0.05, 0.1) is 13.2 Å². The van der Waals surface area contributed by atoms with Crippen molar-refractivity contribution in [1.82, 2.24) is 0 Å². The first-order valence-corrected chi connectivity index (χ1v) is 12.5. The van der Waals surface area contributed by atoms with E-state index in [2.05, 4.69) is 19.1 Å². The molecule has 0 aromatic carbocycles. The maximum Gasteiger partial charge on any atom is 0.111 e. The van der Waals surface area contributed by atoms with Gasteiger partial charge in [-0.15, -0.1) is 0 Å². The minimum Gasteiger partial charge on any atom is -0.388 e. The smallest absolute Gasteiger partial charge is 0.111 e. The van der Waals surface area contributed by atoms with Gasteiger partial charge >= 0.3 is 0 Å². The second-order valence-corrected chi connectivity index (χ2v) is 8.79. The average molecular weight is 429 g/mol. The third-order valence-electron chi connectivity index (χ3n) is 5.94. The van der Waals surface area contributed by atoms with Crippen LogP contribution < -0.4 is 0 Å². The van der Waals surface area contributed by atoms with Gasteiger partial charge in [0, 0.05) is 6.61 Å². The summed E-state index contributed by atoms with van der Waals surface area (Å²) in [7, 11) is 0. The molecule has 1 aliphatic rings. The summed E-state index contributed by atoms with van der Waals surface area (Å²) < 4.78 is 10.9. The number of ether oxygens (including phenoxy) is 2. The largest absolute Gasteiger partial charge is 0.388 e. The van der Waals surface area contributed by atoms with Crippen molar-refractivity contribution in [3.63, 3.8) is 0 Å². The molecule has 0 spiro atoms. The monoisotopic (exact) mass is 428 g/mol. The highest BCUT2D eigenvalue weighted by molar-refractivity contribution is 4.86. The number of allylic oxidation sites excluding steroid dienone is 2. The van der Waals surface area contributed by atoms with Crippen LogP contribution in [0.2, 0.25) is 0 Å². The van der Waals surface area contributed by atoms with Crippen LogP contribution in [0.1, 0.15) is 103 Å². The Morgan fingerprint density at radius 2 is 1.27 bits per heavy atom. The summed E-state index contributed by atoms with van der Waals surface area (Å²) in [5.74, 6) is 0. The Hall–Kier alpha value is -0.460. The van der Waals surface area contributed by atoms with E-state index >= 15 is 0 Å². The van der Waals surface area contributed by atoms with Gasteiger partial charge in [-0.1, -0.05) is 83.3 Å². The Bertz CT molecular complexity index is 401. The molecule has 0 bridgehead atoms. The number of aliphatic hydroxyl groups is 3. The van der Waals surface area contributed by atoms with Crippen LogP contribution in [0.25, 0.3) is 0 Å². The summed E-state index contributed by atoms with van der Waals surface area (Å²) in [4.78, 5) is 0. The molecule has 0 aromatic heterocycles. The van der Waals surface area contributed by atoms with Crippen molar-refractivity contribution in [3.05, 3.63) is 12.2 Å². The lowest BCUT2D eigenvalue weighted by Crippen LogP contribution is -2.54. The van der Waals surface area contributed by atoms with Gasteiger partial charge in [-0.2, -0.15) is 0 Å². The second-order valence-electron chi connectivity index (χ2n) is 8.79. The molecule has 30 heavy (non-hydrogen) atoms. The first-order chi connectivity index (χ1) is 14.7. The van der Waals surface area contributed by atoms with Crippen LogP contribution in [0, 0.1) is 0 Å². The predicted octanol–water partition coefficient (Wildman–Crippen LogP) is 4.91. The van der Waals surface area contributed by atoms with Crippen molar-refractivity contribution in [1.29, 1.82) is 0 Å². The summed E-state index contributed by atoms with van der Waals surface area (Å²) in [6, 6.07) is 0. The molecule has 4 atom stereocenters. The summed E-state index contributed by atoms with van der Waals surface area (Å²) >= 11 is 0. The van der Waals surface area contributed by atoms with Crippen LogP contribution in [-0.4, -0.2) is 59.6 Å². The third-order valence-corrected chi connectivity index (χ3v) is 5.94. The normalized spacial score (nSPS) is 24.7. The van der Waals surface area contributed by atoms with Crippen LogP contribution in [0.15, 0.2) is 12.2 Å². The molecule has 0 unspecified atom stereocenters. The molecule has 1 heterocycles. The Morgan fingerprint density at radius 3 is 1.87 bits per heavy atom. The van der Waals surface area contributed by atoms with E-state index in [0.29, 0.717) is 6.61 Å². The van der Waals surface area contributed by atoms with E-state index in [0.717, 1.165) is 12.8 Å². The van der Waals surface area contributed by atoms with Crippen molar-refractivity contribution >= 4 is 0 Å². The zero-order valence-electron chi connectivity index (χ0n) is 19.4. The minimum atomic E-state index is -1.15. The minimum absolute atomic E-state index is 0.0406. The van der Waals surface area contributed by atoms with Crippen LogP contribution in [0.5, 0.6) is 0 Å². The fourth-order valence-corrected chi connectivity index (χ4v) is 3.84. The Labute approximate surface area is 184 Å². The lowest BCUT2D eigenvalue weighted by atomic mass is 10.0. The van der Waals surface area contributed by atoms with Gasteiger partial charge in [0.1, 0.15) is 24.4 Å². The maximum atomic E-state index is 9.84. The topological polar surface area (TPSA) is 79.2 Å². The highest BCUT2D eigenvalue weighted by atomic mass is 16.6. The standard InChI is InChI=1S/C25H48O5/c1-2-3-4-5-6-7-8-9-10-11-12-13-14-15-16-17-18-19-29-21-23-25(28)24(27)22(26)20-30-23/h12-13,22-28H,2-11,14-21H2,1H3/b13-12+/t22-,23+,24+,25+/m0/s1. The summed E-state index contributed by atoms with van der Waals surface area (Å²) in [6.45, 7) is 3.21. The lowest BCUT2D eigenvalue weighted by Gasteiger charge is -2.35. The molecule has 1 saturated heterocycles. The zero-order chi connectivity index (χ0) is 21.9. The van der Waals surface area contributed by atoms with Crippen LogP contribution in [-0.2, 0) is 9.47 Å². The number of hydrogen-bond acceptors (Lipinski definition) is 5. The van der Waals surface area contributed by atoms with Crippen molar-refractivity contribution in [2.24, 2.45) is 0 Å². The maximum absolute atomic E-state index is 9.84. The molecule has 1 aliphatic heterocycles. The van der Waals surface area contributed by atoms with Crippen molar-refractivity contribution in [3.8, 4) is 0 Å². The Balaban J connectivity index is 1.79. The molecule has 0 aliphatic carbocycles. The van der Waals surface area contributed by atoms with E-state index in [1.54, 1.807) is 0 Å². The number of hydrogen-bond donors (Lipinski definition) is 3. The summed E-state index contributed by atoms with van der Waals surface area (Å²) in [5.41, 5.74) is 0. The zero-order valence-corrected chi connectivity index (χ0v) is 19.4. The van der Waals surface area contributed by atoms with Crippen LogP contribution >= 0.6 is 0 Å². The molecular formula is C25H48O5. The van der Waals surface area contributed by atoms with Crippen LogP contribution in [0.3, 0.4) is 0 Å². The van der Waals surface area contributed by atoms with E-state index in [1.807, 2.05) is 0 Å². The van der Waals surface area contributed by atoms with Gasteiger partial charge in [-0.05, 0) is 32.1 Å². The van der Waals surface area contributed by atoms with E-state index in [4.69, 9.17) is 9.47 Å². The first kappa shape index (κ1) is 27.6. The molecule has 0 aromatic rings. The van der Waals surface area contributed by atoms with Crippen molar-refractivity contribution < 1.29 is 24.8 Å². The Morgan fingerprint density at radius 1 is 0.733 bits per heavy atom. The van der Waals surface area contributed by atoms with E-state index in [-0.39, 0.29) is 13.2 Å². The molecule has 1 fully saturated rings. The highest BCUT2D eigenvalue weighted by Gasteiger charge is 2.37. The second kappa shape index (κ2) is 19.2. The third kappa shape index (κ3) is 13.8. The number of unbranched alkanes of at least 4 members (excludes halogenated alkanes) is 13. The molecular weight excluding hydrogens is 380 g/mol. The fourth-order valence-electron chi connectivity index (χ4n) is 3.84. The fraction of sp³-hybridized carbons (Fsp3) is 0.920. The SMILES string of the molecule is CCCCCCCCCCC/C=C/CCCCCCOC[C@H]1OC[C@H](O)[C@@H](O)[C@@H]1O. The predicted molar refractivity (Wildman–Crippen MR) is 123 cm³/mol. The molecule has 3 N–H and O–H groups in total. The number of aliphatic hydroxyl groups excluding tert-OH is 3. The molecule has 1 rings (SSSR count). The van der Waals surface area contributed by atoms with Crippen molar-refractivity contribution in [2.75, 3.05) is 19.8 Å². The molecule has 0 radical (unpaired) electrons. The van der Waals surface area contributed by atoms with Crippen molar-refractivity contribution in [2.45, 2.75) is 128 Å². The molecule has 178 valence electrons. The van der Waals surface area contributed by atoms with Crippen LogP contribution in [0.4, 0.5) is 0 Å². The first-order valence-electron chi connectivity index (χ1n) is 12.5. The van der Waals surface area contributed by atoms with Gasteiger partial charge in [-0.3, -0.25) is 0 Å². The van der Waals surface area contributed by atoms with Gasteiger partial charge in [0.2, 0.25) is 0 Å². The Kier molecular flexibility index (Phi) is 17.7. The molecule has 0 amide bonds. The molecule has 0 saturated carbocycles. The van der Waals surface area contributed by atoms with E-state index in [9.17, 15) is 15.3 Å². The van der Waals surface area contributed by atoms with E-state index < -0.39 is 24.4 Å². The van der Waals surface area contributed by atoms with Gasteiger partial charge in [-0.25, -0.2) is 0 Å². The highest BCUT2D eigenvalue weighted by Crippen LogP contribution is 2.16. The van der Waals surface area contributed by atoms with Gasteiger partial charge < -0.3 is 24.8 Å². The molecule has 5 nitrogen and oxygen atoms in total. The summed E-state index contributed by atoms with van der Waals surface area (Å²) in [6.07, 6.45) is 20.4. The average Bonchev–Trinajstić information content (AvgIpc) is 2.75. The van der Waals surface area contributed by atoms with Gasteiger partial charge in [0.15, 0.2) is 0 Å². The summed E-state index contributed by atoms with van der Waals surface area (Å²) in [5, 5.41) is 28.9.